The SMILES string of the molecule is O=C(NCC#Cc1cccc(C(F)(F)F)c1)c1cccc(S(=O)(=O)Nc2ccccc2F)c1. The molecule has 2 N–H and O–H groups in total. The third-order valence-electron chi connectivity index (χ3n) is 4.28. The lowest BCUT2D eigenvalue weighted by Gasteiger charge is -2.10. The smallest absolute Gasteiger partial charge is 0.341 e. The minimum atomic E-state index is -4.49. The minimum absolute atomic E-state index is 0.00674. The van der Waals surface area contributed by atoms with E-state index < -0.39 is 33.5 Å². The molecule has 0 aliphatic rings. The fraction of sp³-hybridized carbons (Fsp3) is 0.0870. The summed E-state index contributed by atoms with van der Waals surface area (Å²) in [5.74, 6) is 3.67. The van der Waals surface area contributed by atoms with Crippen molar-refractivity contribution in [3.05, 3.63) is 95.3 Å². The molecule has 0 fully saturated rings. The number of halogens is 4. The van der Waals surface area contributed by atoms with Crippen molar-refractivity contribution < 1.29 is 30.8 Å². The van der Waals surface area contributed by atoms with Crippen molar-refractivity contribution in [1.29, 1.82) is 0 Å². The van der Waals surface area contributed by atoms with Crippen molar-refractivity contribution in [2.75, 3.05) is 11.3 Å². The van der Waals surface area contributed by atoms with E-state index in [2.05, 4.69) is 21.9 Å². The maximum atomic E-state index is 13.8. The Morgan fingerprint density at radius 2 is 1.67 bits per heavy atom. The first-order valence-corrected chi connectivity index (χ1v) is 10.9. The van der Waals surface area contributed by atoms with Gasteiger partial charge in [0.05, 0.1) is 22.7 Å². The molecule has 0 spiro atoms. The molecule has 0 atom stereocenters. The molecule has 10 heteroatoms. The summed E-state index contributed by atoms with van der Waals surface area (Å²) in [7, 11) is -4.16. The van der Waals surface area contributed by atoms with Crippen LogP contribution in [0.4, 0.5) is 23.2 Å². The Morgan fingerprint density at radius 1 is 0.939 bits per heavy atom. The van der Waals surface area contributed by atoms with Gasteiger partial charge in [0.1, 0.15) is 5.82 Å². The Labute approximate surface area is 187 Å². The van der Waals surface area contributed by atoms with Crippen molar-refractivity contribution in [1.82, 2.24) is 5.32 Å². The second-order valence-electron chi connectivity index (χ2n) is 6.68. The first kappa shape index (κ1) is 23.8. The van der Waals surface area contributed by atoms with Gasteiger partial charge in [0.25, 0.3) is 15.9 Å². The maximum Gasteiger partial charge on any atom is 0.416 e. The molecule has 0 aromatic heterocycles. The van der Waals surface area contributed by atoms with Crippen LogP contribution in [0.5, 0.6) is 0 Å². The van der Waals surface area contributed by atoms with Crippen LogP contribution in [-0.2, 0) is 16.2 Å². The second-order valence-corrected chi connectivity index (χ2v) is 8.36. The van der Waals surface area contributed by atoms with E-state index in [1.54, 1.807) is 0 Å². The number of hydrogen-bond acceptors (Lipinski definition) is 3. The van der Waals surface area contributed by atoms with Crippen LogP contribution in [0.1, 0.15) is 21.5 Å². The van der Waals surface area contributed by atoms with Crippen LogP contribution in [0, 0.1) is 17.7 Å². The van der Waals surface area contributed by atoms with Crippen LogP contribution in [0.2, 0.25) is 0 Å². The van der Waals surface area contributed by atoms with E-state index in [1.165, 1.54) is 48.5 Å². The van der Waals surface area contributed by atoms with E-state index >= 15 is 0 Å². The molecule has 0 aliphatic carbocycles. The lowest BCUT2D eigenvalue weighted by molar-refractivity contribution is -0.137. The molecule has 0 heterocycles. The lowest BCUT2D eigenvalue weighted by atomic mass is 10.1. The summed E-state index contributed by atoms with van der Waals surface area (Å²) in [6.45, 7) is -0.181. The standard InChI is InChI=1S/C23H16F4N2O3S/c24-20-11-1-2-12-21(20)29-33(31,32)19-10-4-8-17(15-19)22(30)28-13-5-7-16-6-3-9-18(14-16)23(25,26)27/h1-4,6,8-12,14-15,29H,13H2,(H,28,30). The highest BCUT2D eigenvalue weighted by atomic mass is 32.2. The molecule has 33 heavy (non-hydrogen) atoms. The van der Waals surface area contributed by atoms with Gasteiger partial charge in [-0.1, -0.05) is 36.1 Å². The summed E-state index contributed by atoms with van der Waals surface area (Å²) in [5, 5.41) is 2.44. The number of sulfonamides is 1. The van der Waals surface area contributed by atoms with Crippen LogP contribution in [-0.4, -0.2) is 20.9 Å². The van der Waals surface area contributed by atoms with Gasteiger partial charge in [-0.25, -0.2) is 12.8 Å². The first-order valence-electron chi connectivity index (χ1n) is 9.38. The van der Waals surface area contributed by atoms with Crippen LogP contribution in [0.25, 0.3) is 0 Å². The molecule has 1 amide bonds. The largest absolute Gasteiger partial charge is 0.416 e. The van der Waals surface area contributed by atoms with Crippen molar-refractivity contribution in [2.24, 2.45) is 0 Å². The van der Waals surface area contributed by atoms with E-state index in [4.69, 9.17) is 0 Å². The average Bonchev–Trinajstić information content (AvgIpc) is 2.78. The van der Waals surface area contributed by atoms with Gasteiger partial charge in [-0.3, -0.25) is 9.52 Å². The molecule has 0 saturated carbocycles. The van der Waals surface area contributed by atoms with Gasteiger partial charge in [-0.2, -0.15) is 13.2 Å². The maximum absolute atomic E-state index is 13.8. The fourth-order valence-corrected chi connectivity index (χ4v) is 3.81. The quantitative estimate of drug-likeness (QED) is 0.423. The molecule has 5 nitrogen and oxygen atoms in total. The predicted molar refractivity (Wildman–Crippen MR) is 114 cm³/mol. The van der Waals surface area contributed by atoms with Gasteiger partial charge in [0.2, 0.25) is 0 Å². The highest BCUT2D eigenvalue weighted by Crippen LogP contribution is 2.29. The number of para-hydroxylation sites is 1. The zero-order valence-corrected chi connectivity index (χ0v) is 17.6. The summed E-state index contributed by atoms with van der Waals surface area (Å²) in [6, 6.07) is 14.8. The van der Waals surface area contributed by atoms with Crippen LogP contribution < -0.4 is 10.0 Å². The van der Waals surface area contributed by atoms with Crippen molar-refractivity contribution in [3.8, 4) is 11.8 Å². The molecule has 3 aromatic carbocycles. The van der Waals surface area contributed by atoms with Gasteiger partial charge in [0.15, 0.2) is 0 Å². The van der Waals surface area contributed by atoms with E-state index in [0.29, 0.717) is 0 Å². The minimum Gasteiger partial charge on any atom is -0.341 e. The van der Waals surface area contributed by atoms with Crippen molar-refractivity contribution in [3.63, 3.8) is 0 Å². The van der Waals surface area contributed by atoms with E-state index in [9.17, 15) is 30.8 Å². The Balaban J connectivity index is 1.67. The van der Waals surface area contributed by atoms with E-state index in [-0.39, 0.29) is 28.3 Å². The molecule has 0 aliphatic heterocycles. The van der Waals surface area contributed by atoms with Crippen LogP contribution in [0.3, 0.4) is 0 Å². The number of hydrogen-bond donors (Lipinski definition) is 2. The van der Waals surface area contributed by atoms with Crippen molar-refractivity contribution in [2.45, 2.75) is 11.1 Å². The summed E-state index contributed by atoms with van der Waals surface area (Å²) in [4.78, 5) is 12.1. The Kier molecular flexibility index (Phi) is 7.04. The number of alkyl halides is 3. The van der Waals surface area contributed by atoms with E-state index in [0.717, 1.165) is 24.3 Å². The second kappa shape index (κ2) is 9.75. The lowest BCUT2D eigenvalue weighted by Crippen LogP contribution is -2.24. The van der Waals surface area contributed by atoms with Gasteiger partial charge in [-0.15, -0.1) is 0 Å². The summed E-state index contributed by atoms with van der Waals surface area (Å²) < 4.78 is 79.2. The fourth-order valence-electron chi connectivity index (χ4n) is 2.70. The Morgan fingerprint density at radius 3 is 2.39 bits per heavy atom. The summed E-state index contributed by atoms with van der Waals surface area (Å²) in [6.07, 6.45) is -4.49. The predicted octanol–water partition coefficient (Wildman–Crippen LogP) is 4.43. The molecular formula is C23H16F4N2O3S. The number of benzene rings is 3. The third kappa shape index (κ3) is 6.33. The summed E-state index contributed by atoms with van der Waals surface area (Å²) in [5.41, 5.74) is -0.934. The number of amides is 1. The Hall–Kier alpha value is -3.84. The third-order valence-corrected chi connectivity index (χ3v) is 5.65. The van der Waals surface area contributed by atoms with Crippen molar-refractivity contribution >= 4 is 21.6 Å². The number of carbonyl (C=O) groups is 1. The molecule has 0 bridgehead atoms. The number of anilines is 1. The zero-order chi connectivity index (χ0) is 24.1. The molecule has 3 rings (SSSR count). The summed E-state index contributed by atoms with van der Waals surface area (Å²) >= 11 is 0. The molecule has 0 saturated heterocycles. The monoisotopic (exact) mass is 476 g/mol. The van der Waals surface area contributed by atoms with Gasteiger partial charge in [-0.05, 0) is 48.5 Å². The van der Waals surface area contributed by atoms with Gasteiger partial charge >= 0.3 is 6.18 Å². The van der Waals surface area contributed by atoms with Gasteiger partial charge < -0.3 is 5.32 Å². The average molecular weight is 476 g/mol. The highest BCUT2D eigenvalue weighted by molar-refractivity contribution is 7.92. The normalized spacial score (nSPS) is 11.3. The zero-order valence-electron chi connectivity index (χ0n) is 16.8. The number of nitrogens with one attached hydrogen (secondary N) is 2. The van der Waals surface area contributed by atoms with Crippen LogP contribution in [0.15, 0.2) is 77.7 Å². The Bertz CT molecular complexity index is 1340. The molecule has 170 valence electrons. The molecule has 0 radical (unpaired) electrons. The molecular weight excluding hydrogens is 460 g/mol. The topological polar surface area (TPSA) is 75.3 Å². The molecule has 3 aromatic rings. The number of carbonyl (C=O) groups excluding carboxylic acids is 1. The molecule has 0 unspecified atom stereocenters. The van der Waals surface area contributed by atoms with Gasteiger partial charge in [0, 0.05) is 11.1 Å². The van der Waals surface area contributed by atoms with Crippen LogP contribution >= 0.6 is 0 Å². The van der Waals surface area contributed by atoms with E-state index in [1.807, 2.05) is 0 Å². The first-order chi connectivity index (χ1) is 15.6. The number of rotatable bonds is 5. The highest BCUT2D eigenvalue weighted by Gasteiger charge is 2.30.